The van der Waals surface area contributed by atoms with E-state index in [2.05, 4.69) is 17.3 Å². The molecule has 1 aromatic carbocycles. The number of nitrogens with zero attached hydrogens (tertiary/aromatic N) is 1. The van der Waals surface area contributed by atoms with Crippen molar-refractivity contribution in [2.75, 3.05) is 33.8 Å². The maximum absolute atomic E-state index is 9.77. The molecule has 0 aliphatic carbocycles. The third-order valence-electron chi connectivity index (χ3n) is 3.66. The first-order chi connectivity index (χ1) is 9.19. The van der Waals surface area contributed by atoms with Gasteiger partial charge in [0.25, 0.3) is 0 Å². The van der Waals surface area contributed by atoms with E-state index in [0.717, 1.165) is 37.7 Å². The summed E-state index contributed by atoms with van der Waals surface area (Å²) in [6.07, 6.45) is 2.59. The third-order valence-corrected chi connectivity index (χ3v) is 3.66. The lowest BCUT2D eigenvalue weighted by atomic mass is 9.99. The summed E-state index contributed by atoms with van der Waals surface area (Å²) in [4.78, 5) is 2.32. The molecule has 2 rings (SSSR count). The van der Waals surface area contributed by atoms with Gasteiger partial charge in [-0.15, -0.1) is 0 Å². The quantitative estimate of drug-likeness (QED) is 0.851. The zero-order valence-corrected chi connectivity index (χ0v) is 11.9. The molecule has 0 aromatic heterocycles. The zero-order chi connectivity index (χ0) is 13.7. The van der Waals surface area contributed by atoms with E-state index in [1.165, 1.54) is 12.8 Å². The zero-order valence-electron chi connectivity index (χ0n) is 11.9. The van der Waals surface area contributed by atoms with Crippen molar-refractivity contribution < 1.29 is 9.84 Å². The molecule has 0 saturated carbocycles. The first-order valence-corrected chi connectivity index (χ1v) is 6.94. The lowest BCUT2D eigenvalue weighted by Crippen LogP contribution is -2.36. The van der Waals surface area contributed by atoms with Crippen molar-refractivity contribution in [2.45, 2.75) is 19.4 Å². The highest BCUT2D eigenvalue weighted by atomic mass is 16.5. The fraction of sp³-hybridized carbons (Fsp3) is 0.600. The summed E-state index contributed by atoms with van der Waals surface area (Å²) in [5, 5.41) is 13.2. The van der Waals surface area contributed by atoms with Gasteiger partial charge >= 0.3 is 0 Å². The third kappa shape index (κ3) is 4.11. The van der Waals surface area contributed by atoms with Crippen LogP contribution in [-0.4, -0.2) is 43.8 Å². The van der Waals surface area contributed by atoms with Crippen LogP contribution in [0.3, 0.4) is 0 Å². The van der Waals surface area contributed by atoms with Crippen LogP contribution in [0.2, 0.25) is 0 Å². The van der Waals surface area contributed by atoms with Crippen LogP contribution in [0.15, 0.2) is 18.2 Å². The SMILES string of the molecule is COc1ccc(CN(C)CC2CCCNC2)cc1O. The number of phenols is 1. The molecule has 106 valence electrons. The number of hydrogen-bond acceptors (Lipinski definition) is 4. The van der Waals surface area contributed by atoms with Crippen molar-refractivity contribution in [3.63, 3.8) is 0 Å². The second-order valence-electron chi connectivity index (χ2n) is 5.42. The monoisotopic (exact) mass is 264 g/mol. The molecular weight excluding hydrogens is 240 g/mol. The van der Waals surface area contributed by atoms with Gasteiger partial charge in [0.1, 0.15) is 0 Å². The van der Waals surface area contributed by atoms with Gasteiger partial charge in [-0.3, -0.25) is 0 Å². The van der Waals surface area contributed by atoms with Crippen LogP contribution in [-0.2, 0) is 6.54 Å². The van der Waals surface area contributed by atoms with E-state index in [4.69, 9.17) is 4.74 Å². The minimum Gasteiger partial charge on any atom is -0.504 e. The van der Waals surface area contributed by atoms with Gasteiger partial charge in [-0.05, 0) is 56.6 Å². The summed E-state index contributed by atoms with van der Waals surface area (Å²) in [7, 11) is 3.70. The van der Waals surface area contributed by atoms with Crippen LogP contribution in [0.5, 0.6) is 11.5 Å². The standard InChI is InChI=1S/C15H24N2O2/c1-17(11-13-4-3-7-16-9-13)10-12-5-6-15(19-2)14(18)8-12/h5-6,8,13,16,18H,3-4,7,9-11H2,1-2H3. The van der Waals surface area contributed by atoms with E-state index in [1.807, 2.05) is 12.1 Å². The number of aromatic hydroxyl groups is 1. The Morgan fingerprint density at radius 2 is 2.32 bits per heavy atom. The van der Waals surface area contributed by atoms with Gasteiger partial charge in [0.05, 0.1) is 7.11 Å². The molecule has 4 nitrogen and oxygen atoms in total. The molecule has 1 fully saturated rings. The Morgan fingerprint density at radius 1 is 1.47 bits per heavy atom. The van der Waals surface area contributed by atoms with Crippen LogP contribution >= 0.6 is 0 Å². The molecule has 19 heavy (non-hydrogen) atoms. The highest BCUT2D eigenvalue weighted by Crippen LogP contribution is 2.26. The van der Waals surface area contributed by atoms with Crippen molar-refractivity contribution in [1.29, 1.82) is 0 Å². The van der Waals surface area contributed by atoms with Crippen LogP contribution < -0.4 is 10.1 Å². The summed E-state index contributed by atoms with van der Waals surface area (Å²) < 4.78 is 5.05. The molecule has 1 atom stereocenters. The normalized spacial score (nSPS) is 19.6. The number of methoxy groups -OCH3 is 1. The smallest absolute Gasteiger partial charge is 0.160 e. The molecular formula is C15H24N2O2. The predicted molar refractivity (Wildman–Crippen MR) is 76.6 cm³/mol. The molecule has 1 aliphatic rings. The number of benzene rings is 1. The van der Waals surface area contributed by atoms with Crippen molar-refractivity contribution in [2.24, 2.45) is 5.92 Å². The Kier molecular flexibility index (Phi) is 5.05. The van der Waals surface area contributed by atoms with E-state index in [0.29, 0.717) is 5.75 Å². The van der Waals surface area contributed by atoms with E-state index in [1.54, 1.807) is 13.2 Å². The fourth-order valence-corrected chi connectivity index (χ4v) is 2.73. The lowest BCUT2D eigenvalue weighted by Gasteiger charge is -2.27. The second kappa shape index (κ2) is 6.78. The van der Waals surface area contributed by atoms with Gasteiger partial charge in [-0.25, -0.2) is 0 Å². The number of piperidine rings is 1. The molecule has 0 amide bonds. The lowest BCUT2D eigenvalue weighted by molar-refractivity contribution is 0.237. The van der Waals surface area contributed by atoms with Gasteiger partial charge in [-0.2, -0.15) is 0 Å². The molecule has 2 N–H and O–H groups in total. The average molecular weight is 264 g/mol. The number of nitrogens with one attached hydrogen (secondary N) is 1. The molecule has 0 radical (unpaired) electrons. The number of phenolic OH excluding ortho intramolecular Hbond substituents is 1. The molecule has 1 saturated heterocycles. The van der Waals surface area contributed by atoms with Crippen LogP contribution in [0.4, 0.5) is 0 Å². The maximum atomic E-state index is 9.77. The summed E-state index contributed by atoms with van der Waals surface area (Å²) in [5.74, 6) is 1.49. The highest BCUT2D eigenvalue weighted by Gasteiger charge is 2.15. The molecule has 4 heteroatoms. The topological polar surface area (TPSA) is 44.7 Å². The Morgan fingerprint density at radius 3 is 2.95 bits per heavy atom. The Bertz CT molecular complexity index is 403. The summed E-state index contributed by atoms with van der Waals surface area (Å²) in [6.45, 7) is 4.23. The highest BCUT2D eigenvalue weighted by molar-refractivity contribution is 5.41. The summed E-state index contributed by atoms with van der Waals surface area (Å²) in [6, 6.07) is 5.61. The Hall–Kier alpha value is -1.26. The average Bonchev–Trinajstić information content (AvgIpc) is 2.40. The largest absolute Gasteiger partial charge is 0.504 e. The first-order valence-electron chi connectivity index (χ1n) is 6.94. The van der Waals surface area contributed by atoms with E-state index in [9.17, 15) is 5.11 Å². The number of hydrogen-bond donors (Lipinski definition) is 2. The van der Waals surface area contributed by atoms with Crippen LogP contribution in [0, 0.1) is 5.92 Å². The Labute approximate surface area is 115 Å². The molecule has 1 aromatic rings. The summed E-state index contributed by atoms with van der Waals surface area (Å²) >= 11 is 0. The van der Waals surface area contributed by atoms with E-state index >= 15 is 0 Å². The fourth-order valence-electron chi connectivity index (χ4n) is 2.73. The van der Waals surface area contributed by atoms with Crippen molar-refractivity contribution >= 4 is 0 Å². The van der Waals surface area contributed by atoms with E-state index in [-0.39, 0.29) is 5.75 Å². The predicted octanol–water partition coefficient (Wildman–Crippen LogP) is 1.83. The van der Waals surface area contributed by atoms with Gasteiger partial charge in [-0.1, -0.05) is 6.07 Å². The summed E-state index contributed by atoms with van der Waals surface area (Å²) in [5.41, 5.74) is 1.12. The molecule has 1 unspecified atom stereocenters. The number of ether oxygens (including phenoxy) is 1. The van der Waals surface area contributed by atoms with Gasteiger partial charge < -0.3 is 20.1 Å². The minimum absolute atomic E-state index is 0.215. The maximum Gasteiger partial charge on any atom is 0.160 e. The number of rotatable bonds is 5. The Balaban J connectivity index is 1.87. The molecule has 0 spiro atoms. The molecule has 1 aliphatic heterocycles. The van der Waals surface area contributed by atoms with Gasteiger partial charge in [0, 0.05) is 13.1 Å². The van der Waals surface area contributed by atoms with Crippen LogP contribution in [0.25, 0.3) is 0 Å². The molecule has 0 bridgehead atoms. The van der Waals surface area contributed by atoms with Gasteiger partial charge in [0.15, 0.2) is 11.5 Å². The van der Waals surface area contributed by atoms with Crippen molar-refractivity contribution in [1.82, 2.24) is 10.2 Å². The molecule has 1 heterocycles. The second-order valence-corrected chi connectivity index (χ2v) is 5.42. The van der Waals surface area contributed by atoms with Crippen molar-refractivity contribution in [3.05, 3.63) is 23.8 Å². The van der Waals surface area contributed by atoms with Gasteiger partial charge in [0.2, 0.25) is 0 Å². The van der Waals surface area contributed by atoms with E-state index < -0.39 is 0 Å². The van der Waals surface area contributed by atoms with Crippen LogP contribution in [0.1, 0.15) is 18.4 Å². The van der Waals surface area contributed by atoms with Crippen molar-refractivity contribution in [3.8, 4) is 11.5 Å². The minimum atomic E-state index is 0.215. The first kappa shape index (κ1) is 14.2.